The first-order valence-corrected chi connectivity index (χ1v) is 14.8. The average Bonchev–Trinajstić information content (AvgIpc) is 2.83. The van der Waals surface area contributed by atoms with Crippen LogP contribution in [-0.4, -0.2) is 11.1 Å². The number of nitrogens with two attached hydrogens (primary N) is 1. The molecule has 2 saturated carbocycles. The number of rotatable bonds is 3. The standard InChI is InChI=1S/C18H26O2.C17H27N/c1-13-7-6-10-18(12-13,16(19)20)15-9-5-8-14(11-15)17(2,3)4;1-13-7-6-10-17(18,12-13)15-9-5-8-14(11-15)16(2,3)4/h5,8-9,11,13H,6-7,10,12H2,1-4H3,(H,19,20);5,8-9,11,13H,6-7,10,12,18H2,1-4H3. The van der Waals surface area contributed by atoms with Gasteiger partial charge in [0.25, 0.3) is 0 Å². The lowest BCUT2D eigenvalue weighted by molar-refractivity contribution is -0.146. The molecule has 0 aliphatic heterocycles. The summed E-state index contributed by atoms with van der Waals surface area (Å²) in [6.45, 7) is 17.8. The van der Waals surface area contributed by atoms with Crippen LogP contribution in [0.3, 0.4) is 0 Å². The summed E-state index contributed by atoms with van der Waals surface area (Å²) < 4.78 is 0. The predicted octanol–water partition coefficient (Wildman–Crippen LogP) is 8.86. The van der Waals surface area contributed by atoms with Crippen molar-refractivity contribution in [2.75, 3.05) is 0 Å². The number of carbonyl (C=O) groups is 1. The van der Waals surface area contributed by atoms with Crippen LogP contribution in [0.25, 0.3) is 0 Å². The smallest absolute Gasteiger partial charge is 0.314 e. The Morgan fingerprint density at radius 3 is 1.74 bits per heavy atom. The van der Waals surface area contributed by atoms with Crippen LogP contribution in [0.1, 0.15) is 129 Å². The van der Waals surface area contributed by atoms with Crippen molar-refractivity contribution in [1.82, 2.24) is 0 Å². The summed E-state index contributed by atoms with van der Waals surface area (Å²) in [5, 5.41) is 9.85. The quantitative estimate of drug-likeness (QED) is 0.425. The Labute approximate surface area is 232 Å². The Hall–Kier alpha value is -2.13. The fourth-order valence-corrected chi connectivity index (χ4v) is 6.56. The monoisotopic (exact) mass is 519 g/mol. The van der Waals surface area contributed by atoms with E-state index < -0.39 is 11.4 Å². The fraction of sp³-hybridized carbons (Fsp3) is 0.629. The van der Waals surface area contributed by atoms with Crippen molar-refractivity contribution in [3.05, 3.63) is 70.8 Å². The summed E-state index contributed by atoms with van der Waals surface area (Å²) in [6.07, 6.45) is 8.53. The van der Waals surface area contributed by atoms with Gasteiger partial charge < -0.3 is 10.8 Å². The molecule has 4 unspecified atom stereocenters. The van der Waals surface area contributed by atoms with Crippen molar-refractivity contribution in [2.45, 2.75) is 129 Å². The largest absolute Gasteiger partial charge is 0.481 e. The molecule has 0 heterocycles. The van der Waals surface area contributed by atoms with E-state index in [1.807, 2.05) is 12.1 Å². The van der Waals surface area contributed by atoms with Gasteiger partial charge in [-0.25, -0.2) is 0 Å². The maximum Gasteiger partial charge on any atom is 0.314 e. The van der Waals surface area contributed by atoms with E-state index >= 15 is 0 Å². The molecule has 38 heavy (non-hydrogen) atoms. The zero-order valence-electron chi connectivity index (χ0n) is 25.4. The predicted molar refractivity (Wildman–Crippen MR) is 161 cm³/mol. The van der Waals surface area contributed by atoms with Gasteiger partial charge >= 0.3 is 5.97 Å². The number of aliphatic carboxylic acids is 1. The zero-order valence-corrected chi connectivity index (χ0v) is 25.4. The molecule has 2 fully saturated rings. The van der Waals surface area contributed by atoms with Gasteiger partial charge in [0.15, 0.2) is 0 Å². The summed E-state index contributed by atoms with van der Waals surface area (Å²) >= 11 is 0. The molecule has 2 aromatic rings. The minimum Gasteiger partial charge on any atom is -0.481 e. The van der Waals surface area contributed by atoms with Crippen molar-refractivity contribution >= 4 is 5.97 Å². The second-order valence-corrected chi connectivity index (χ2v) is 14.6. The van der Waals surface area contributed by atoms with Crippen LogP contribution in [-0.2, 0) is 26.6 Å². The van der Waals surface area contributed by atoms with Gasteiger partial charge in [-0.3, -0.25) is 4.79 Å². The van der Waals surface area contributed by atoms with Crippen LogP contribution in [0.15, 0.2) is 48.5 Å². The molecule has 3 N–H and O–H groups in total. The van der Waals surface area contributed by atoms with Crippen LogP contribution >= 0.6 is 0 Å². The highest BCUT2D eigenvalue weighted by molar-refractivity contribution is 5.81. The lowest BCUT2D eigenvalue weighted by Gasteiger charge is -2.38. The van der Waals surface area contributed by atoms with E-state index in [2.05, 4.69) is 91.8 Å². The number of carboxylic acid groups (broad SMARTS) is 1. The minimum absolute atomic E-state index is 0.0516. The lowest BCUT2D eigenvalue weighted by atomic mass is 9.65. The molecule has 4 rings (SSSR count). The van der Waals surface area contributed by atoms with Gasteiger partial charge in [0.1, 0.15) is 0 Å². The van der Waals surface area contributed by atoms with Crippen LogP contribution in [0.5, 0.6) is 0 Å². The average molecular weight is 520 g/mol. The van der Waals surface area contributed by atoms with Gasteiger partial charge in [-0.15, -0.1) is 0 Å². The fourth-order valence-electron chi connectivity index (χ4n) is 6.56. The van der Waals surface area contributed by atoms with Gasteiger partial charge in [-0.2, -0.15) is 0 Å². The van der Waals surface area contributed by atoms with E-state index in [1.165, 1.54) is 29.5 Å². The first-order chi connectivity index (χ1) is 17.6. The second kappa shape index (κ2) is 11.5. The van der Waals surface area contributed by atoms with Crippen molar-refractivity contribution in [3.8, 4) is 0 Å². The molecule has 0 spiro atoms. The number of carboxylic acids is 1. The lowest BCUT2D eigenvalue weighted by Crippen LogP contribution is -2.41. The van der Waals surface area contributed by atoms with Gasteiger partial charge in [-0.1, -0.05) is 130 Å². The van der Waals surface area contributed by atoms with E-state index in [0.717, 1.165) is 50.0 Å². The third kappa shape index (κ3) is 7.08. The maximum atomic E-state index is 12.0. The van der Waals surface area contributed by atoms with Gasteiger partial charge in [0.2, 0.25) is 0 Å². The highest BCUT2D eigenvalue weighted by Crippen LogP contribution is 2.43. The van der Waals surface area contributed by atoms with Crippen LogP contribution in [0, 0.1) is 11.8 Å². The van der Waals surface area contributed by atoms with Gasteiger partial charge in [-0.05, 0) is 70.6 Å². The molecule has 0 aromatic heterocycles. The van der Waals surface area contributed by atoms with E-state index in [1.54, 1.807) is 0 Å². The molecule has 2 aliphatic rings. The van der Waals surface area contributed by atoms with E-state index in [-0.39, 0.29) is 16.4 Å². The molecule has 2 aliphatic carbocycles. The highest BCUT2D eigenvalue weighted by atomic mass is 16.4. The highest BCUT2D eigenvalue weighted by Gasteiger charge is 2.43. The summed E-state index contributed by atoms with van der Waals surface area (Å²) in [5.41, 5.74) is 11.1. The van der Waals surface area contributed by atoms with Gasteiger partial charge in [0.05, 0.1) is 5.41 Å². The summed E-state index contributed by atoms with van der Waals surface area (Å²) in [7, 11) is 0. The minimum atomic E-state index is -0.682. The number of hydrogen-bond donors (Lipinski definition) is 2. The molecule has 2 aromatic carbocycles. The number of benzene rings is 2. The Morgan fingerprint density at radius 2 is 1.26 bits per heavy atom. The molecule has 3 heteroatoms. The van der Waals surface area contributed by atoms with Crippen molar-refractivity contribution < 1.29 is 9.90 Å². The van der Waals surface area contributed by atoms with Crippen molar-refractivity contribution in [3.63, 3.8) is 0 Å². The zero-order chi connectivity index (χ0) is 28.4. The van der Waals surface area contributed by atoms with Crippen molar-refractivity contribution in [1.29, 1.82) is 0 Å². The molecule has 0 bridgehead atoms. The molecule has 4 atom stereocenters. The van der Waals surface area contributed by atoms with E-state index in [9.17, 15) is 9.90 Å². The Morgan fingerprint density at radius 1 is 0.789 bits per heavy atom. The Bertz CT molecular complexity index is 1090. The molecule has 3 nitrogen and oxygen atoms in total. The SMILES string of the molecule is CC1CCCC(C(=O)O)(c2cccc(C(C)(C)C)c2)C1.CC1CCCC(N)(c2cccc(C(C)(C)C)c2)C1. The molecule has 0 radical (unpaired) electrons. The third-order valence-corrected chi connectivity index (χ3v) is 9.02. The summed E-state index contributed by atoms with van der Waals surface area (Å²) in [4.78, 5) is 12.0. The van der Waals surface area contributed by atoms with E-state index in [0.29, 0.717) is 5.92 Å². The van der Waals surface area contributed by atoms with Crippen LogP contribution < -0.4 is 5.73 Å². The first-order valence-electron chi connectivity index (χ1n) is 14.8. The summed E-state index contributed by atoms with van der Waals surface area (Å²) in [6, 6.07) is 17.2. The van der Waals surface area contributed by atoms with E-state index in [4.69, 9.17) is 5.73 Å². The molecule has 210 valence electrons. The molecular weight excluding hydrogens is 466 g/mol. The summed E-state index contributed by atoms with van der Waals surface area (Å²) in [5.74, 6) is 0.579. The molecule has 0 amide bonds. The van der Waals surface area contributed by atoms with Crippen LogP contribution in [0.2, 0.25) is 0 Å². The topological polar surface area (TPSA) is 63.3 Å². The van der Waals surface area contributed by atoms with Gasteiger partial charge in [0, 0.05) is 5.54 Å². The third-order valence-electron chi connectivity index (χ3n) is 9.02. The number of hydrogen-bond acceptors (Lipinski definition) is 2. The molecule has 0 saturated heterocycles. The normalized spacial score (nSPS) is 28.2. The molecular formula is C35H53NO2. The maximum absolute atomic E-state index is 12.0. The first kappa shape index (κ1) is 30.4. The Balaban J connectivity index is 0.000000212. The second-order valence-electron chi connectivity index (χ2n) is 14.6. The Kier molecular flexibility index (Phi) is 9.24. The van der Waals surface area contributed by atoms with Crippen molar-refractivity contribution in [2.24, 2.45) is 17.6 Å². The van der Waals surface area contributed by atoms with Crippen LogP contribution in [0.4, 0.5) is 0 Å².